The van der Waals surface area contributed by atoms with Crippen LogP contribution in [0.1, 0.15) is 11.1 Å². The van der Waals surface area contributed by atoms with Crippen molar-refractivity contribution in [2.45, 2.75) is 6.42 Å². The Morgan fingerprint density at radius 3 is 2.71 bits per heavy atom. The van der Waals surface area contributed by atoms with Crippen molar-refractivity contribution in [1.29, 1.82) is 0 Å². The van der Waals surface area contributed by atoms with Gasteiger partial charge in [-0.1, -0.05) is 24.3 Å². The molecule has 0 unspecified atom stereocenters. The molecule has 8 heteroatoms. The van der Waals surface area contributed by atoms with Gasteiger partial charge in [-0.15, -0.1) is 6.58 Å². The molecule has 0 amide bonds. The smallest absolute Gasteiger partial charge is 0.184 e. The molecule has 2 aromatic rings. The molecule has 0 aromatic heterocycles. The van der Waals surface area contributed by atoms with Gasteiger partial charge in [0.15, 0.2) is 16.6 Å². The van der Waals surface area contributed by atoms with Crippen molar-refractivity contribution in [3.05, 3.63) is 63.8 Å². The average molecular weight is 511 g/mol. The maximum atomic E-state index is 5.90. The molecule has 0 heterocycles. The van der Waals surface area contributed by atoms with Crippen LogP contribution in [0.15, 0.2) is 54.2 Å². The van der Waals surface area contributed by atoms with Crippen LogP contribution < -0.4 is 25.4 Å². The average Bonchev–Trinajstić information content (AvgIpc) is 2.67. The maximum Gasteiger partial charge on any atom is 0.184 e. The number of nitrogens with one attached hydrogen (secondary N) is 1. The second-order valence-corrected chi connectivity index (χ2v) is 7.17. The zero-order valence-electron chi connectivity index (χ0n) is 15.5. The molecular weight excluding hydrogens is 489 g/mol. The number of halogens is 1. The van der Waals surface area contributed by atoms with Crippen LogP contribution in [0.4, 0.5) is 0 Å². The second kappa shape index (κ2) is 11.5. The molecule has 2 rings (SSSR count). The van der Waals surface area contributed by atoms with E-state index in [-0.39, 0.29) is 5.11 Å². The number of ether oxygens (including phenoxy) is 3. The molecule has 0 fully saturated rings. The number of thiocarbonyl (C=S) groups is 1. The van der Waals surface area contributed by atoms with E-state index >= 15 is 0 Å². The Hall–Kier alpha value is -2.33. The molecule has 148 valence electrons. The van der Waals surface area contributed by atoms with Crippen molar-refractivity contribution in [2.75, 3.05) is 20.3 Å². The summed E-state index contributed by atoms with van der Waals surface area (Å²) in [6.07, 6.45) is 4.22. The lowest BCUT2D eigenvalue weighted by molar-refractivity contribution is 0.209. The second-order valence-electron chi connectivity index (χ2n) is 5.57. The molecule has 0 radical (unpaired) electrons. The van der Waals surface area contributed by atoms with E-state index in [1.165, 1.54) is 0 Å². The summed E-state index contributed by atoms with van der Waals surface area (Å²) in [7, 11) is 1.59. The molecule has 28 heavy (non-hydrogen) atoms. The number of hydrogen-bond acceptors (Lipinski definition) is 5. The number of rotatable bonds is 10. The number of hydrazone groups is 1. The fraction of sp³-hybridized carbons (Fsp3) is 0.200. The van der Waals surface area contributed by atoms with Crippen molar-refractivity contribution in [3.63, 3.8) is 0 Å². The van der Waals surface area contributed by atoms with E-state index in [0.29, 0.717) is 24.7 Å². The highest BCUT2D eigenvalue weighted by atomic mass is 127. The van der Waals surface area contributed by atoms with E-state index in [4.69, 9.17) is 32.2 Å². The topological polar surface area (TPSA) is 78.1 Å². The van der Waals surface area contributed by atoms with Crippen LogP contribution in [0.25, 0.3) is 0 Å². The first-order valence-electron chi connectivity index (χ1n) is 8.45. The minimum absolute atomic E-state index is 0.104. The summed E-state index contributed by atoms with van der Waals surface area (Å²) in [5, 5.41) is 4.06. The third-order valence-electron chi connectivity index (χ3n) is 3.56. The van der Waals surface area contributed by atoms with Crippen molar-refractivity contribution in [1.82, 2.24) is 5.43 Å². The van der Waals surface area contributed by atoms with Gasteiger partial charge in [0.05, 0.1) is 16.9 Å². The molecule has 3 N–H and O–H groups in total. The van der Waals surface area contributed by atoms with Crippen molar-refractivity contribution in [2.24, 2.45) is 10.8 Å². The summed E-state index contributed by atoms with van der Waals surface area (Å²) in [5.74, 6) is 2.10. The Morgan fingerprint density at radius 1 is 1.25 bits per heavy atom. The number of nitrogens with zero attached hydrogens (tertiary/aromatic N) is 1. The molecule has 0 saturated carbocycles. The fourth-order valence-electron chi connectivity index (χ4n) is 2.39. The van der Waals surface area contributed by atoms with Gasteiger partial charge in [-0.25, -0.2) is 0 Å². The van der Waals surface area contributed by atoms with Gasteiger partial charge in [0, 0.05) is 0 Å². The lowest BCUT2D eigenvalue weighted by atomic mass is 10.1. The number of methoxy groups -OCH3 is 1. The van der Waals surface area contributed by atoms with Crippen LogP contribution in [-0.2, 0) is 6.42 Å². The van der Waals surface area contributed by atoms with Crippen LogP contribution in [-0.4, -0.2) is 31.7 Å². The van der Waals surface area contributed by atoms with E-state index in [9.17, 15) is 0 Å². The quantitative estimate of drug-likeness (QED) is 0.127. The highest BCUT2D eigenvalue weighted by molar-refractivity contribution is 14.1. The highest BCUT2D eigenvalue weighted by Crippen LogP contribution is 2.33. The molecule has 0 atom stereocenters. The lowest BCUT2D eigenvalue weighted by Crippen LogP contribution is -2.24. The summed E-state index contributed by atoms with van der Waals surface area (Å²) < 4.78 is 18.1. The number of hydrogen-bond donors (Lipinski definition) is 2. The normalized spacial score (nSPS) is 10.5. The number of nitrogens with two attached hydrogens (primary N) is 1. The molecule has 0 saturated heterocycles. The molecule has 0 spiro atoms. The maximum absolute atomic E-state index is 5.90. The molecule has 0 bridgehead atoms. The van der Waals surface area contributed by atoms with E-state index in [2.05, 4.69) is 39.7 Å². The zero-order valence-corrected chi connectivity index (χ0v) is 18.5. The van der Waals surface area contributed by atoms with Crippen LogP contribution >= 0.6 is 34.8 Å². The zero-order chi connectivity index (χ0) is 20.4. The standard InChI is InChI=1S/C20H22IN3O3S/c1-3-6-15-7-4-5-8-17(15)26-9-10-27-19-16(21)11-14(12-18(19)25-2)13-23-24-20(22)28/h3-5,7-8,11-13H,1,6,9-10H2,2H3,(H3,22,24,28)/b23-13+. The fourth-order valence-corrected chi connectivity index (χ4v) is 3.22. The van der Waals surface area contributed by atoms with Gasteiger partial charge >= 0.3 is 0 Å². The summed E-state index contributed by atoms with van der Waals surface area (Å²) in [4.78, 5) is 0. The largest absolute Gasteiger partial charge is 0.493 e. The SMILES string of the molecule is C=CCc1ccccc1OCCOc1c(I)cc(/C=N/NC(N)=S)cc1OC. The summed E-state index contributed by atoms with van der Waals surface area (Å²) in [6.45, 7) is 4.57. The Balaban J connectivity index is 1.99. The molecule has 6 nitrogen and oxygen atoms in total. The van der Waals surface area contributed by atoms with Gasteiger partial charge in [0.2, 0.25) is 0 Å². The van der Waals surface area contributed by atoms with Gasteiger partial charge in [-0.05, 0) is 70.6 Å². The van der Waals surface area contributed by atoms with E-state index in [1.54, 1.807) is 13.3 Å². The van der Waals surface area contributed by atoms with Crippen LogP contribution in [0.2, 0.25) is 0 Å². The van der Waals surface area contributed by atoms with Crippen molar-refractivity contribution < 1.29 is 14.2 Å². The Morgan fingerprint density at radius 2 is 2.00 bits per heavy atom. The van der Waals surface area contributed by atoms with Gasteiger partial charge in [-0.3, -0.25) is 5.43 Å². The van der Waals surface area contributed by atoms with Crippen LogP contribution in [0.3, 0.4) is 0 Å². The monoisotopic (exact) mass is 511 g/mol. The van der Waals surface area contributed by atoms with E-state index in [0.717, 1.165) is 26.9 Å². The predicted octanol–water partition coefficient (Wildman–Crippen LogP) is 3.65. The number of allylic oxidation sites excluding steroid dienone is 1. The Kier molecular flexibility index (Phi) is 9.02. The summed E-state index contributed by atoms with van der Waals surface area (Å²) in [5.41, 5.74) is 9.79. The van der Waals surface area contributed by atoms with E-state index < -0.39 is 0 Å². The molecule has 0 aliphatic carbocycles. The highest BCUT2D eigenvalue weighted by Gasteiger charge is 2.11. The van der Waals surface area contributed by atoms with Crippen molar-refractivity contribution in [3.8, 4) is 17.2 Å². The Labute approximate surface area is 183 Å². The van der Waals surface area contributed by atoms with Gasteiger partial charge < -0.3 is 19.9 Å². The van der Waals surface area contributed by atoms with Gasteiger partial charge in [0.25, 0.3) is 0 Å². The number of benzene rings is 2. The summed E-state index contributed by atoms with van der Waals surface area (Å²) >= 11 is 6.90. The first-order valence-corrected chi connectivity index (χ1v) is 9.94. The van der Waals surface area contributed by atoms with Crippen LogP contribution in [0.5, 0.6) is 17.2 Å². The Bertz CT molecular complexity index is 859. The third-order valence-corrected chi connectivity index (χ3v) is 4.46. The predicted molar refractivity (Wildman–Crippen MR) is 125 cm³/mol. The molecular formula is C20H22IN3O3S. The minimum atomic E-state index is 0.104. The lowest BCUT2D eigenvalue weighted by Gasteiger charge is -2.15. The van der Waals surface area contributed by atoms with Gasteiger partial charge in [-0.2, -0.15) is 5.10 Å². The third kappa shape index (κ3) is 6.68. The summed E-state index contributed by atoms with van der Waals surface area (Å²) in [6, 6.07) is 11.6. The van der Waals surface area contributed by atoms with Crippen LogP contribution in [0, 0.1) is 3.57 Å². The molecule has 0 aliphatic rings. The van der Waals surface area contributed by atoms with Gasteiger partial charge in [0.1, 0.15) is 19.0 Å². The first-order chi connectivity index (χ1) is 13.5. The minimum Gasteiger partial charge on any atom is -0.493 e. The molecule has 0 aliphatic heterocycles. The first kappa shape index (κ1) is 22.0. The molecule has 2 aromatic carbocycles. The van der Waals surface area contributed by atoms with Crippen molar-refractivity contribution >= 4 is 46.1 Å². The van der Waals surface area contributed by atoms with E-state index in [1.807, 2.05) is 42.5 Å². The number of para-hydroxylation sites is 1.